The molecule has 0 fully saturated rings. The quantitative estimate of drug-likeness (QED) is 0.561. The lowest BCUT2D eigenvalue weighted by atomic mass is 9.92. The molecule has 1 aromatic heterocycles. The van der Waals surface area contributed by atoms with Crippen molar-refractivity contribution in [3.8, 4) is 11.3 Å². The Kier molecular flexibility index (Phi) is 6.33. The van der Waals surface area contributed by atoms with Gasteiger partial charge in [0.2, 0.25) is 5.91 Å². The molecule has 7 nitrogen and oxygen atoms in total. The summed E-state index contributed by atoms with van der Waals surface area (Å²) in [6.45, 7) is 7.07. The summed E-state index contributed by atoms with van der Waals surface area (Å²) in [6, 6.07) is 17.5. The van der Waals surface area contributed by atoms with E-state index in [-0.39, 0.29) is 18.4 Å². The number of benzene rings is 2. The van der Waals surface area contributed by atoms with Crippen molar-refractivity contribution < 1.29 is 14.3 Å². The number of nitrogens with zero attached hydrogens (tertiary/aromatic N) is 3. The molecule has 172 valence electrons. The van der Waals surface area contributed by atoms with Gasteiger partial charge in [0.15, 0.2) is 0 Å². The molecule has 0 radical (unpaired) electrons. The van der Waals surface area contributed by atoms with Gasteiger partial charge in [-0.15, -0.1) is 0 Å². The molecule has 2 amide bonds. The summed E-state index contributed by atoms with van der Waals surface area (Å²) in [7, 11) is 1.63. The fourth-order valence-electron chi connectivity index (χ4n) is 4.37. The highest BCUT2D eigenvalue weighted by Crippen LogP contribution is 2.36. The number of carbonyl (C=O) groups excluding carboxylic acids is 2. The molecule has 1 atom stereocenters. The largest absolute Gasteiger partial charge is 0.385 e. The summed E-state index contributed by atoms with van der Waals surface area (Å²) < 4.78 is 6.76. The van der Waals surface area contributed by atoms with Crippen LogP contribution in [0.3, 0.4) is 0 Å². The molecular weight excluding hydrogens is 416 g/mol. The zero-order valence-corrected chi connectivity index (χ0v) is 19.6. The standard InChI is InChI=1S/C26H30N4O3/c1-18-11-12-22(19(2)15-18)30-24(31)23-16-21(20-9-6-5-7-10-20)28-29(23)17-26(30,3)25(32)27-13-8-14-33-4/h5-7,9-12,15-16H,8,13-14,17H2,1-4H3,(H,27,32). The second-order valence-electron chi connectivity index (χ2n) is 8.75. The molecule has 1 unspecified atom stereocenters. The summed E-state index contributed by atoms with van der Waals surface area (Å²) in [5, 5.41) is 7.69. The van der Waals surface area contributed by atoms with Crippen molar-refractivity contribution >= 4 is 17.5 Å². The number of carbonyl (C=O) groups is 2. The first-order chi connectivity index (χ1) is 15.8. The number of aryl methyl sites for hydroxylation is 2. The molecule has 0 aliphatic carbocycles. The average molecular weight is 447 g/mol. The molecule has 0 spiro atoms. The number of methoxy groups -OCH3 is 1. The van der Waals surface area contributed by atoms with Gasteiger partial charge in [-0.05, 0) is 44.9 Å². The van der Waals surface area contributed by atoms with Gasteiger partial charge in [0.1, 0.15) is 11.2 Å². The second-order valence-corrected chi connectivity index (χ2v) is 8.75. The van der Waals surface area contributed by atoms with Gasteiger partial charge in [0, 0.05) is 31.5 Å². The Morgan fingerprint density at radius 1 is 1.15 bits per heavy atom. The Morgan fingerprint density at radius 2 is 1.91 bits per heavy atom. The topological polar surface area (TPSA) is 76.5 Å². The van der Waals surface area contributed by atoms with Crippen molar-refractivity contribution in [2.45, 2.75) is 39.3 Å². The smallest absolute Gasteiger partial charge is 0.277 e. The molecule has 2 aromatic carbocycles. The monoisotopic (exact) mass is 446 g/mol. The number of rotatable bonds is 7. The van der Waals surface area contributed by atoms with Gasteiger partial charge in [-0.2, -0.15) is 5.10 Å². The maximum Gasteiger partial charge on any atom is 0.277 e. The van der Waals surface area contributed by atoms with E-state index in [2.05, 4.69) is 5.32 Å². The van der Waals surface area contributed by atoms with Crippen LogP contribution in [0.15, 0.2) is 54.6 Å². The van der Waals surface area contributed by atoms with Crippen LogP contribution in [0.5, 0.6) is 0 Å². The third kappa shape index (κ3) is 4.28. The van der Waals surface area contributed by atoms with Gasteiger partial charge in [0.05, 0.1) is 12.2 Å². The minimum absolute atomic E-state index is 0.214. The van der Waals surface area contributed by atoms with Crippen molar-refractivity contribution in [1.82, 2.24) is 15.1 Å². The van der Waals surface area contributed by atoms with E-state index in [9.17, 15) is 9.59 Å². The van der Waals surface area contributed by atoms with Crippen molar-refractivity contribution in [3.05, 3.63) is 71.4 Å². The molecule has 1 aliphatic heterocycles. The van der Waals surface area contributed by atoms with Gasteiger partial charge < -0.3 is 10.1 Å². The van der Waals surface area contributed by atoms with E-state index in [0.29, 0.717) is 31.0 Å². The van der Waals surface area contributed by atoms with Gasteiger partial charge in [-0.3, -0.25) is 19.2 Å². The van der Waals surface area contributed by atoms with E-state index >= 15 is 0 Å². The van der Waals surface area contributed by atoms with Crippen LogP contribution in [0.25, 0.3) is 11.3 Å². The summed E-state index contributed by atoms with van der Waals surface area (Å²) in [6.07, 6.45) is 0.695. The number of hydrogen-bond donors (Lipinski definition) is 1. The van der Waals surface area contributed by atoms with Crippen LogP contribution >= 0.6 is 0 Å². The molecule has 4 rings (SSSR count). The van der Waals surface area contributed by atoms with E-state index < -0.39 is 5.54 Å². The Hall–Kier alpha value is -3.45. The Labute approximate surface area is 194 Å². The molecule has 0 bridgehead atoms. The summed E-state index contributed by atoms with van der Waals surface area (Å²) in [5.74, 6) is -0.452. The first-order valence-corrected chi connectivity index (χ1v) is 11.2. The van der Waals surface area contributed by atoms with Crippen molar-refractivity contribution in [3.63, 3.8) is 0 Å². The van der Waals surface area contributed by atoms with Crippen molar-refractivity contribution in [2.75, 3.05) is 25.2 Å². The van der Waals surface area contributed by atoms with Crippen LogP contribution in [0, 0.1) is 13.8 Å². The molecule has 3 aromatic rings. The predicted molar refractivity (Wildman–Crippen MR) is 128 cm³/mol. The number of hydrogen-bond acceptors (Lipinski definition) is 4. The van der Waals surface area contributed by atoms with E-state index in [0.717, 1.165) is 22.4 Å². The molecular formula is C26H30N4O3. The van der Waals surface area contributed by atoms with E-state index in [1.54, 1.807) is 16.7 Å². The minimum atomic E-state index is -1.14. The molecule has 1 N–H and O–H groups in total. The Morgan fingerprint density at radius 3 is 2.61 bits per heavy atom. The van der Waals surface area contributed by atoms with Crippen LogP contribution in [-0.2, 0) is 16.1 Å². The maximum atomic E-state index is 13.9. The lowest BCUT2D eigenvalue weighted by Crippen LogP contribution is -2.64. The number of anilines is 1. The number of nitrogens with one attached hydrogen (secondary N) is 1. The molecule has 0 saturated carbocycles. The maximum absolute atomic E-state index is 13.9. The predicted octanol–water partition coefficient (Wildman–Crippen LogP) is 3.74. The number of ether oxygens (including phenoxy) is 1. The minimum Gasteiger partial charge on any atom is -0.385 e. The van der Waals surface area contributed by atoms with E-state index in [1.165, 1.54) is 0 Å². The van der Waals surface area contributed by atoms with Crippen molar-refractivity contribution in [1.29, 1.82) is 0 Å². The second kappa shape index (κ2) is 9.19. The summed E-state index contributed by atoms with van der Waals surface area (Å²) in [4.78, 5) is 29.0. The number of amides is 2. The molecule has 33 heavy (non-hydrogen) atoms. The lowest BCUT2D eigenvalue weighted by Gasteiger charge is -2.43. The summed E-state index contributed by atoms with van der Waals surface area (Å²) >= 11 is 0. The SMILES string of the molecule is COCCCNC(=O)C1(C)Cn2nc(-c3ccccc3)cc2C(=O)N1c1ccc(C)cc1C. The third-order valence-corrected chi connectivity index (χ3v) is 6.12. The fraction of sp³-hybridized carbons (Fsp3) is 0.346. The zero-order chi connectivity index (χ0) is 23.6. The zero-order valence-electron chi connectivity index (χ0n) is 19.6. The van der Waals surface area contributed by atoms with Crippen LogP contribution in [-0.4, -0.2) is 47.4 Å². The molecule has 1 aliphatic rings. The Balaban J connectivity index is 1.77. The highest BCUT2D eigenvalue weighted by molar-refractivity contribution is 6.12. The van der Waals surface area contributed by atoms with Gasteiger partial charge in [0.25, 0.3) is 5.91 Å². The van der Waals surface area contributed by atoms with E-state index in [4.69, 9.17) is 9.84 Å². The highest BCUT2D eigenvalue weighted by Gasteiger charge is 2.49. The van der Waals surface area contributed by atoms with Crippen molar-refractivity contribution in [2.24, 2.45) is 0 Å². The van der Waals surface area contributed by atoms with Gasteiger partial charge in [-0.25, -0.2) is 0 Å². The van der Waals surface area contributed by atoms with Crippen LogP contribution in [0.4, 0.5) is 5.69 Å². The van der Waals surface area contributed by atoms with Gasteiger partial charge >= 0.3 is 0 Å². The van der Waals surface area contributed by atoms with Crippen LogP contribution < -0.4 is 10.2 Å². The highest BCUT2D eigenvalue weighted by atomic mass is 16.5. The van der Waals surface area contributed by atoms with E-state index in [1.807, 2.05) is 75.4 Å². The molecule has 2 heterocycles. The Bertz CT molecular complexity index is 1170. The fourth-order valence-corrected chi connectivity index (χ4v) is 4.37. The number of aromatic nitrogens is 2. The third-order valence-electron chi connectivity index (χ3n) is 6.12. The first-order valence-electron chi connectivity index (χ1n) is 11.2. The first kappa shape index (κ1) is 22.7. The normalized spacial score (nSPS) is 17.7. The summed E-state index contributed by atoms with van der Waals surface area (Å²) in [5.41, 5.74) is 3.74. The molecule has 7 heteroatoms. The van der Waals surface area contributed by atoms with Crippen LogP contribution in [0.1, 0.15) is 35.0 Å². The molecule has 0 saturated heterocycles. The number of fused-ring (bicyclic) bond motifs is 1. The van der Waals surface area contributed by atoms with Gasteiger partial charge in [-0.1, -0.05) is 48.0 Å². The lowest BCUT2D eigenvalue weighted by molar-refractivity contribution is -0.126. The van der Waals surface area contributed by atoms with Crippen LogP contribution in [0.2, 0.25) is 0 Å². The average Bonchev–Trinajstić information content (AvgIpc) is 3.22.